The van der Waals surface area contributed by atoms with Gasteiger partial charge in [0.2, 0.25) is 0 Å². The summed E-state index contributed by atoms with van der Waals surface area (Å²) in [5.41, 5.74) is 0.428. The molecule has 17 heteroatoms. The van der Waals surface area contributed by atoms with Crippen LogP contribution in [0.2, 0.25) is 5.02 Å². The quantitative estimate of drug-likeness (QED) is 0.213. The molecule has 1 aliphatic rings. The molecule has 0 unspecified atom stereocenters. The number of ether oxygens (including phenoxy) is 5. The van der Waals surface area contributed by atoms with Gasteiger partial charge in [-0.1, -0.05) is 35.0 Å². The van der Waals surface area contributed by atoms with Gasteiger partial charge in [0.1, 0.15) is 18.4 Å². The Labute approximate surface area is 269 Å². The van der Waals surface area contributed by atoms with Crippen LogP contribution in [-0.2, 0) is 59.4 Å². The van der Waals surface area contributed by atoms with Crippen molar-refractivity contribution in [2.45, 2.75) is 69.8 Å². The summed E-state index contributed by atoms with van der Waals surface area (Å²) < 4.78 is 57.3. The fourth-order valence-corrected chi connectivity index (χ4v) is 6.30. The predicted molar refractivity (Wildman–Crippen MR) is 158 cm³/mol. The summed E-state index contributed by atoms with van der Waals surface area (Å²) >= 11 is 6.05. The van der Waals surface area contributed by atoms with E-state index in [9.17, 15) is 27.6 Å². The second-order valence-electron chi connectivity index (χ2n) is 10.1. The topological polar surface area (TPSA) is 183 Å². The van der Waals surface area contributed by atoms with Gasteiger partial charge in [-0.2, -0.15) is 0 Å². The van der Waals surface area contributed by atoms with Crippen LogP contribution in [0.5, 0.6) is 0 Å². The number of benzene rings is 2. The zero-order chi connectivity index (χ0) is 33.6. The lowest BCUT2D eigenvalue weighted by Gasteiger charge is -2.44. The van der Waals surface area contributed by atoms with Crippen LogP contribution >= 0.6 is 11.6 Å². The van der Waals surface area contributed by atoms with Gasteiger partial charge in [0.15, 0.2) is 24.5 Å². The van der Waals surface area contributed by atoms with Gasteiger partial charge < -0.3 is 23.7 Å². The first-order valence-electron chi connectivity index (χ1n) is 13.8. The van der Waals surface area contributed by atoms with E-state index in [0.717, 1.165) is 36.7 Å². The van der Waals surface area contributed by atoms with Crippen molar-refractivity contribution >= 4 is 51.2 Å². The molecule has 2 aromatic carbocycles. The monoisotopic (exact) mass is 678 g/mol. The molecule has 4 rings (SSSR count). The van der Waals surface area contributed by atoms with Crippen molar-refractivity contribution in [2.75, 3.05) is 10.9 Å². The molecule has 1 aliphatic heterocycles. The summed E-state index contributed by atoms with van der Waals surface area (Å²) in [6.07, 6.45) is -5.46. The Morgan fingerprint density at radius 1 is 0.848 bits per heavy atom. The van der Waals surface area contributed by atoms with Gasteiger partial charge in [-0.25, -0.2) is 13.1 Å². The highest BCUT2D eigenvalue weighted by molar-refractivity contribution is 7.92. The fourth-order valence-electron chi connectivity index (χ4n) is 4.72. The number of nitrogens with zero attached hydrogens (tertiary/aromatic N) is 4. The molecule has 3 aromatic rings. The zero-order valence-corrected chi connectivity index (χ0v) is 26.7. The highest BCUT2D eigenvalue weighted by atomic mass is 35.5. The van der Waals surface area contributed by atoms with Crippen LogP contribution in [0.15, 0.2) is 65.7 Å². The molecule has 0 aliphatic carbocycles. The number of hydrogen-bond acceptors (Lipinski definition) is 13. The third kappa shape index (κ3) is 8.38. The molecule has 5 atom stereocenters. The first-order valence-corrected chi connectivity index (χ1v) is 15.6. The number of rotatable bonds is 11. The van der Waals surface area contributed by atoms with E-state index in [1.165, 1.54) is 30.5 Å². The molecule has 0 bridgehead atoms. The average molecular weight is 679 g/mol. The Morgan fingerprint density at radius 2 is 1.43 bits per heavy atom. The highest BCUT2D eigenvalue weighted by Gasteiger charge is 2.53. The molecule has 1 aromatic heterocycles. The number of carbonyl (C=O) groups is 4. The van der Waals surface area contributed by atoms with Crippen LogP contribution < -0.4 is 4.31 Å². The number of hydrogen-bond donors (Lipinski definition) is 0. The lowest BCUT2D eigenvalue weighted by molar-refractivity contribution is -0.270. The van der Waals surface area contributed by atoms with E-state index in [0.29, 0.717) is 5.02 Å². The molecule has 0 radical (unpaired) electrons. The van der Waals surface area contributed by atoms with Crippen LogP contribution in [0.25, 0.3) is 0 Å². The summed E-state index contributed by atoms with van der Waals surface area (Å²) in [7, 11) is -4.11. The summed E-state index contributed by atoms with van der Waals surface area (Å²) in [6.45, 7) is 3.75. The second-order valence-corrected chi connectivity index (χ2v) is 12.4. The minimum Gasteiger partial charge on any atom is -0.463 e. The maximum atomic E-state index is 13.8. The Balaban J connectivity index is 1.74. The first-order chi connectivity index (χ1) is 21.8. The number of carbonyl (C=O) groups excluding carboxylic acids is 4. The van der Waals surface area contributed by atoms with Crippen LogP contribution in [0, 0.1) is 0 Å². The molecule has 1 saturated heterocycles. The van der Waals surface area contributed by atoms with Crippen molar-refractivity contribution < 1.29 is 51.3 Å². The second kappa shape index (κ2) is 14.7. The minimum absolute atomic E-state index is 0.0249. The van der Waals surface area contributed by atoms with Crippen molar-refractivity contribution in [3.8, 4) is 0 Å². The smallest absolute Gasteiger partial charge is 0.303 e. The van der Waals surface area contributed by atoms with Gasteiger partial charge in [0.25, 0.3) is 10.0 Å². The van der Waals surface area contributed by atoms with Crippen molar-refractivity contribution in [2.24, 2.45) is 0 Å². The van der Waals surface area contributed by atoms with Gasteiger partial charge in [-0.05, 0) is 36.4 Å². The van der Waals surface area contributed by atoms with Gasteiger partial charge in [0.05, 0.1) is 23.3 Å². The van der Waals surface area contributed by atoms with Crippen LogP contribution in [0.4, 0.5) is 5.69 Å². The molecule has 246 valence electrons. The summed E-state index contributed by atoms with van der Waals surface area (Å²) in [5.74, 6) is -3.03. The average Bonchev–Trinajstić information content (AvgIpc) is 3.46. The van der Waals surface area contributed by atoms with E-state index >= 15 is 0 Å². The van der Waals surface area contributed by atoms with Crippen molar-refractivity contribution in [1.82, 2.24) is 15.0 Å². The molecule has 0 spiro atoms. The molecule has 2 heterocycles. The zero-order valence-electron chi connectivity index (χ0n) is 25.1. The van der Waals surface area contributed by atoms with Crippen molar-refractivity contribution in [1.29, 1.82) is 0 Å². The number of halogens is 1. The fraction of sp³-hybridized carbons (Fsp3) is 0.379. The van der Waals surface area contributed by atoms with E-state index in [-0.39, 0.29) is 22.8 Å². The highest BCUT2D eigenvalue weighted by Crippen LogP contribution is 2.35. The summed E-state index contributed by atoms with van der Waals surface area (Å²) in [5, 5.41) is 8.62. The van der Waals surface area contributed by atoms with Crippen LogP contribution in [0.1, 0.15) is 39.6 Å². The SMILES string of the molecule is CC(=O)OC[C@H]1O[C@@H](n2cc(CN(c3ccc(Cl)cc3)S(=O)(=O)c3ccccc3)nn2)[C@H](OC(C)=O)[C@@H](OC(C)=O)[C@@H]1OC(C)=O. The number of esters is 4. The van der Waals surface area contributed by atoms with Gasteiger partial charge >= 0.3 is 23.9 Å². The normalized spacial score (nSPS) is 21.1. The molecule has 15 nitrogen and oxygen atoms in total. The maximum Gasteiger partial charge on any atom is 0.303 e. The Hall–Kier alpha value is -4.54. The molecule has 1 fully saturated rings. The Bertz CT molecular complexity index is 1670. The standard InChI is InChI=1S/C29H31ClN4O11S/c1-17(35)41-16-25-26(42-18(2)36)27(43-19(3)37)28(44-20(4)38)29(45-25)33-14-22(31-32-33)15-34(23-12-10-21(30)11-13-23)46(39,40)24-8-6-5-7-9-24/h5-14,25-29H,15-16H2,1-4H3/t25-,26-,27+,28-,29-/m1/s1. The van der Waals surface area contributed by atoms with Crippen LogP contribution in [0.3, 0.4) is 0 Å². The third-order valence-electron chi connectivity index (χ3n) is 6.54. The van der Waals surface area contributed by atoms with Crippen LogP contribution in [-0.4, -0.2) is 78.3 Å². The van der Waals surface area contributed by atoms with E-state index in [4.69, 9.17) is 35.3 Å². The molecule has 0 N–H and O–H groups in total. The van der Waals surface area contributed by atoms with Crippen molar-refractivity contribution in [3.63, 3.8) is 0 Å². The molecular weight excluding hydrogens is 648 g/mol. The minimum atomic E-state index is -4.11. The van der Waals surface area contributed by atoms with Gasteiger partial charge in [-0.3, -0.25) is 23.5 Å². The van der Waals surface area contributed by atoms with Crippen molar-refractivity contribution in [3.05, 3.63) is 71.5 Å². The van der Waals surface area contributed by atoms with E-state index in [1.807, 2.05) is 0 Å². The van der Waals surface area contributed by atoms with Gasteiger partial charge in [0, 0.05) is 32.7 Å². The number of aromatic nitrogens is 3. The largest absolute Gasteiger partial charge is 0.463 e. The predicted octanol–water partition coefficient (Wildman–Crippen LogP) is 2.58. The van der Waals surface area contributed by atoms with Gasteiger partial charge in [-0.15, -0.1) is 5.10 Å². The number of anilines is 1. The lowest BCUT2D eigenvalue weighted by Crippen LogP contribution is -2.60. The number of sulfonamides is 1. The molecule has 0 saturated carbocycles. The van der Waals surface area contributed by atoms with E-state index < -0.39 is 71.2 Å². The third-order valence-corrected chi connectivity index (χ3v) is 8.58. The molecule has 46 heavy (non-hydrogen) atoms. The molecule has 0 amide bonds. The van der Waals surface area contributed by atoms with E-state index in [2.05, 4.69) is 10.3 Å². The summed E-state index contributed by atoms with van der Waals surface area (Å²) in [4.78, 5) is 48.0. The lowest BCUT2D eigenvalue weighted by atomic mass is 9.97. The maximum absolute atomic E-state index is 13.8. The Kier molecular flexibility index (Phi) is 11.0. The first kappa shape index (κ1) is 34.3. The summed E-state index contributed by atoms with van der Waals surface area (Å²) in [6, 6.07) is 13.9. The Morgan fingerprint density at radius 3 is 2.02 bits per heavy atom. The molecular formula is C29H31ClN4O11S. The van der Waals surface area contributed by atoms with E-state index in [1.54, 1.807) is 30.3 Å².